The summed E-state index contributed by atoms with van der Waals surface area (Å²) in [5, 5.41) is 10.7. The van der Waals surface area contributed by atoms with E-state index in [2.05, 4.69) is 15.9 Å². The van der Waals surface area contributed by atoms with Crippen LogP contribution >= 0.6 is 27.7 Å². The maximum atomic E-state index is 13.0. The highest BCUT2D eigenvalue weighted by molar-refractivity contribution is 9.10. The van der Waals surface area contributed by atoms with Crippen LogP contribution in [-0.4, -0.2) is 34.1 Å². The SMILES string of the molecule is Cc1ccc(C)c(OCCN2C(=O)S/C(=C\c3cc(Br)ccc3OCc3cccc([N+](=O)[O-])c3)C2=O)c1. The summed E-state index contributed by atoms with van der Waals surface area (Å²) in [4.78, 5) is 37.6. The first kappa shape index (κ1) is 26.4. The van der Waals surface area contributed by atoms with Crippen molar-refractivity contribution in [2.75, 3.05) is 13.2 Å². The van der Waals surface area contributed by atoms with Gasteiger partial charge in [0.25, 0.3) is 16.8 Å². The maximum Gasteiger partial charge on any atom is 0.293 e. The predicted octanol–water partition coefficient (Wildman–Crippen LogP) is 6.67. The topological polar surface area (TPSA) is 99.0 Å². The molecule has 1 heterocycles. The lowest BCUT2D eigenvalue weighted by Crippen LogP contribution is -2.32. The number of ether oxygens (including phenoxy) is 2. The Morgan fingerprint density at radius 3 is 2.62 bits per heavy atom. The van der Waals surface area contributed by atoms with Crippen LogP contribution in [0.2, 0.25) is 0 Å². The second-order valence-corrected chi connectivity index (χ2v) is 10.3. The lowest BCUT2D eigenvalue weighted by molar-refractivity contribution is -0.384. The molecule has 0 unspecified atom stereocenters. The molecule has 1 aliphatic heterocycles. The first-order valence-corrected chi connectivity index (χ1v) is 12.9. The Labute approximate surface area is 226 Å². The predicted molar refractivity (Wildman–Crippen MR) is 146 cm³/mol. The summed E-state index contributed by atoms with van der Waals surface area (Å²) >= 11 is 4.29. The van der Waals surface area contributed by atoms with Crippen molar-refractivity contribution in [3.8, 4) is 11.5 Å². The van der Waals surface area contributed by atoms with Gasteiger partial charge < -0.3 is 9.47 Å². The molecule has 0 spiro atoms. The largest absolute Gasteiger partial charge is 0.491 e. The van der Waals surface area contributed by atoms with Gasteiger partial charge in [-0.1, -0.05) is 40.2 Å². The van der Waals surface area contributed by atoms with Gasteiger partial charge in [0.05, 0.1) is 16.4 Å². The summed E-state index contributed by atoms with van der Waals surface area (Å²) in [6.07, 6.45) is 1.62. The van der Waals surface area contributed by atoms with Crippen LogP contribution < -0.4 is 9.47 Å². The van der Waals surface area contributed by atoms with Crippen molar-refractivity contribution in [2.45, 2.75) is 20.5 Å². The summed E-state index contributed by atoms with van der Waals surface area (Å²) in [6.45, 7) is 4.32. The van der Waals surface area contributed by atoms with Crippen LogP contribution in [0.4, 0.5) is 10.5 Å². The fraction of sp³-hybridized carbons (Fsp3) is 0.185. The summed E-state index contributed by atoms with van der Waals surface area (Å²) in [5.41, 5.74) is 3.25. The van der Waals surface area contributed by atoms with Crippen molar-refractivity contribution >= 4 is 50.6 Å². The summed E-state index contributed by atoms with van der Waals surface area (Å²) in [7, 11) is 0. The van der Waals surface area contributed by atoms with Crippen LogP contribution in [0, 0.1) is 24.0 Å². The number of non-ortho nitro benzene ring substituents is 1. The Bertz CT molecular complexity index is 1410. The third-order valence-corrected chi connectivity index (χ3v) is 6.96. The first-order chi connectivity index (χ1) is 17.7. The molecular weight excluding hydrogens is 560 g/mol. The first-order valence-electron chi connectivity index (χ1n) is 11.3. The van der Waals surface area contributed by atoms with Crippen LogP contribution in [0.1, 0.15) is 22.3 Å². The third-order valence-electron chi connectivity index (χ3n) is 5.56. The molecule has 0 radical (unpaired) electrons. The number of nitrogens with zero attached hydrogens (tertiary/aromatic N) is 2. The number of carbonyl (C=O) groups excluding carboxylic acids is 2. The Morgan fingerprint density at radius 2 is 1.84 bits per heavy atom. The number of imide groups is 1. The minimum atomic E-state index is -0.461. The minimum Gasteiger partial charge on any atom is -0.491 e. The van der Waals surface area contributed by atoms with Gasteiger partial charge in [-0.05, 0) is 72.6 Å². The van der Waals surface area contributed by atoms with E-state index in [-0.39, 0.29) is 35.6 Å². The van der Waals surface area contributed by atoms with E-state index in [1.165, 1.54) is 17.0 Å². The number of hydrogen-bond acceptors (Lipinski definition) is 7. The Morgan fingerprint density at radius 1 is 1.03 bits per heavy atom. The van der Waals surface area contributed by atoms with Crippen LogP contribution in [-0.2, 0) is 11.4 Å². The number of amides is 2. The van der Waals surface area contributed by atoms with Crippen molar-refractivity contribution in [3.05, 3.63) is 102 Å². The molecule has 8 nitrogen and oxygen atoms in total. The smallest absolute Gasteiger partial charge is 0.293 e. The lowest BCUT2D eigenvalue weighted by atomic mass is 10.1. The van der Waals surface area contributed by atoms with Crippen LogP contribution in [0.3, 0.4) is 0 Å². The summed E-state index contributed by atoms with van der Waals surface area (Å²) in [6, 6.07) is 17.4. The van der Waals surface area contributed by atoms with Crippen molar-refractivity contribution < 1.29 is 24.0 Å². The monoisotopic (exact) mass is 582 g/mol. The van der Waals surface area contributed by atoms with Gasteiger partial charge in [0, 0.05) is 22.2 Å². The number of thioether (sulfide) groups is 1. The van der Waals surface area contributed by atoms with E-state index in [0.29, 0.717) is 16.9 Å². The average Bonchev–Trinajstić information content (AvgIpc) is 3.13. The van der Waals surface area contributed by atoms with E-state index in [9.17, 15) is 19.7 Å². The van der Waals surface area contributed by atoms with Crippen molar-refractivity contribution in [2.24, 2.45) is 0 Å². The van der Waals surface area contributed by atoms with Crippen molar-refractivity contribution in [1.29, 1.82) is 0 Å². The molecule has 0 atom stereocenters. The molecule has 0 saturated carbocycles. The summed E-state index contributed by atoms with van der Waals surface area (Å²) < 4.78 is 12.5. The minimum absolute atomic E-state index is 0.0210. The molecule has 10 heteroatoms. The molecule has 0 N–H and O–H groups in total. The Balaban J connectivity index is 1.46. The normalized spacial score (nSPS) is 14.4. The molecule has 2 amide bonds. The highest BCUT2D eigenvalue weighted by Gasteiger charge is 2.35. The molecular formula is C27H23BrN2O6S. The standard InChI is InChI=1S/C27H23BrN2O6S/c1-17-6-7-18(2)24(12-17)35-11-10-29-26(31)25(37-27(29)32)15-20-14-21(28)8-9-23(20)36-16-19-4-3-5-22(13-19)30(33)34/h3-9,12-15H,10-11,16H2,1-2H3/b25-15-. The quantitative estimate of drug-likeness (QED) is 0.158. The highest BCUT2D eigenvalue weighted by atomic mass is 79.9. The zero-order chi connectivity index (χ0) is 26.5. The van der Waals surface area contributed by atoms with E-state index < -0.39 is 10.8 Å². The van der Waals surface area contributed by atoms with Crippen molar-refractivity contribution in [1.82, 2.24) is 4.90 Å². The van der Waals surface area contributed by atoms with Crippen LogP contribution in [0.25, 0.3) is 6.08 Å². The molecule has 3 aromatic rings. The number of rotatable bonds is 9. The second kappa shape index (κ2) is 11.6. The molecule has 1 fully saturated rings. The molecule has 0 aliphatic carbocycles. The zero-order valence-electron chi connectivity index (χ0n) is 20.1. The molecule has 0 aromatic heterocycles. The van der Waals surface area contributed by atoms with Gasteiger partial charge in [0.1, 0.15) is 24.7 Å². The van der Waals surface area contributed by atoms with E-state index in [1.54, 1.807) is 36.4 Å². The lowest BCUT2D eigenvalue weighted by Gasteiger charge is -2.14. The third kappa shape index (κ3) is 6.58. The van der Waals surface area contributed by atoms with Gasteiger partial charge in [-0.15, -0.1) is 0 Å². The number of hydrogen-bond donors (Lipinski definition) is 0. The van der Waals surface area contributed by atoms with Crippen LogP contribution in [0.15, 0.2) is 70.0 Å². The van der Waals surface area contributed by atoms with E-state index in [0.717, 1.165) is 33.1 Å². The number of aryl methyl sites for hydroxylation is 2. The highest BCUT2D eigenvalue weighted by Crippen LogP contribution is 2.35. The summed E-state index contributed by atoms with van der Waals surface area (Å²) in [5.74, 6) is 0.797. The number of carbonyl (C=O) groups is 2. The number of nitro groups is 1. The van der Waals surface area contributed by atoms with Crippen molar-refractivity contribution in [3.63, 3.8) is 0 Å². The Kier molecular flexibility index (Phi) is 8.30. The fourth-order valence-corrected chi connectivity index (χ4v) is 4.86. The molecule has 4 rings (SSSR count). The average molecular weight is 583 g/mol. The van der Waals surface area contributed by atoms with Gasteiger partial charge in [-0.25, -0.2) is 0 Å². The van der Waals surface area contributed by atoms with E-state index in [4.69, 9.17) is 9.47 Å². The molecule has 3 aromatic carbocycles. The molecule has 1 saturated heterocycles. The van der Waals surface area contributed by atoms with Gasteiger partial charge >= 0.3 is 0 Å². The number of nitro benzene ring substituents is 1. The molecule has 190 valence electrons. The molecule has 0 bridgehead atoms. The zero-order valence-corrected chi connectivity index (χ0v) is 22.5. The Hall–Kier alpha value is -3.63. The van der Waals surface area contributed by atoms with E-state index in [1.807, 2.05) is 32.0 Å². The van der Waals surface area contributed by atoms with Gasteiger partial charge in [-0.3, -0.25) is 24.6 Å². The van der Waals surface area contributed by atoms with Gasteiger partial charge in [0.2, 0.25) is 0 Å². The van der Waals surface area contributed by atoms with E-state index >= 15 is 0 Å². The fourth-order valence-electron chi connectivity index (χ4n) is 3.63. The van der Waals surface area contributed by atoms with Gasteiger partial charge in [-0.2, -0.15) is 0 Å². The molecule has 37 heavy (non-hydrogen) atoms. The van der Waals surface area contributed by atoms with Crippen LogP contribution in [0.5, 0.6) is 11.5 Å². The second-order valence-electron chi connectivity index (χ2n) is 8.35. The van der Waals surface area contributed by atoms with Gasteiger partial charge in [0.15, 0.2) is 0 Å². The number of halogens is 1. The molecule has 1 aliphatic rings. The number of benzene rings is 3. The maximum absolute atomic E-state index is 13.0.